The molecule has 2 aromatic carbocycles. The van der Waals surface area contributed by atoms with Crippen molar-refractivity contribution in [2.24, 2.45) is 0 Å². The zero-order valence-electron chi connectivity index (χ0n) is 23.5. The fourth-order valence-corrected chi connectivity index (χ4v) is 5.66. The first-order valence-corrected chi connectivity index (χ1v) is 14.0. The number of alkyl halides is 3. The molecule has 10 nitrogen and oxygen atoms in total. The Morgan fingerprint density at radius 3 is 2.51 bits per heavy atom. The minimum absolute atomic E-state index is 0.181. The van der Waals surface area contributed by atoms with Gasteiger partial charge in [0, 0.05) is 64.0 Å². The summed E-state index contributed by atoms with van der Waals surface area (Å²) in [5.74, 6) is -1.24. The van der Waals surface area contributed by atoms with Crippen molar-refractivity contribution in [1.29, 1.82) is 0 Å². The molecule has 2 amide bonds. The smallest absolute Gasteiger partial charge is 0.420 e. The number of ether oxygens (including phenoxy) is 1. The van der Waals surface area contributed by atoms with Crippen LogP contribution in [0.3, 0.4) is 0 Å². The fraction of sp³-hybridized carbons (Fsp3) is 0.161. The SMILES string of the molecule is CC1(C)C(=O)Nc2cc(C(=O)Nc3ccc(OC(F)(F)Cl)cc3)cc(-c3cnc4c(c3)-c3nn(-c5ncc(F)cn5)cc3C4)c21. The number of fused-ring (bicyclic) bond motifs is 4. The van der Waals surface area contributed by atoms with E-state index in [0.29, 0.717) is 40.2 Å². The van der Waals surface area contributed by atoms with E-state index in [2.05, 4.69) is 30.4 Å². The first-order chi connectivity index (χ1) is 21.4. The Labute approximate surface area is 258 Å². The number of aromatic nitrogens is 5. The maximum Gasteiger partial charge on any atom is 0.487 e. The van der Waals surface area contributed by atoms with Gasteiger partial charge in [0.05, 0.1) is 29.2 Å². The van der Waals surface area contributed by atoms with Gasteiger partial charge in [-0.1, -0.05) is 0 Å². The third-order valence-corrected chi connectivity index (χ3v) is 7.76. The number of hydrogen-bond donors (Lipinski definition) is 2. The number of anilines is 2. The predicted molar refractivity (Wildman–Crippen MR) is 158 cm³/mol. The summed E-state index contributed by atoms with van der Waals surface area (Å²) < 4.78 is 45.1. The minimum atomic E-state index is -3.87. The van der Waals surface area contributed by atoms with Gasteiger partial charge in [0.15, 0.2) is 5.82 Å². The maximum absolute atomic E-state index is 13.4. The maximum atomic E-state index is 13.4. The predicted octanol–water partition coefficient (Wildman–Crippen LogP) is 6.08. The Hall–Kier alpha value is -5.30. The number of carbonyl (C=O) groups is 2. The summed E-state index contributed by atoms with van der Waals surface area (Å²) in [6.07, 6.45) is 6.12. The standard InChI is InChI=1S/C31H21ClF3N7O3/c1-30(2)25-21(16-8-22-23(36-11-16)10-17-14-42(41-26(17)22)29-37-12-18(33)13-38-29)7-15(9-24(25)40-28(30)44)27(43)39-19-3-5-20(6-4-19)45-31(32,34)35/h3-9,11-14H,10H2,1-2H3,(H,39,43)(H,40,44). The van der Waals surface area contributed by atoms with Gasteiger partial charge < -0.3 is 15.4 Å². The normalized spacial score (nSPS) is 14.4. The van der Waals surface area contributed by atoms with E-state index >= 15 is 0 Å². The van der Waals surface area contributed by atoms with E-state index < -0.39 is 22.7 Å². The van der Waals surface area contributed by atoms with E-state index in [1.165, 1.54) is 28.9 Å². The molecule has 14 heteroatoms. The van der Waals surface area contributed by atoms with Crippen molar-refractivity contribution in [1.82, 2.24) is 24.7 Å². The quantitative estimate of drug-likeness (QED) is 0.213. The van der Waals surface area contributed by atoms with Crippen LogP contribution in [0.2, 0.25) is 0 Å². The molecular weight excluding hydrogens is 611 g/mol. The van der Waals surface area contributed by atoms with Crippen LogP contribution in [-0.2, 0) is 16.6 Å². The summed E-state index contributed by atoms with van der Waals surface area (Å²) in [5, 5.41) is 10.3. The molecule has 7 rings (SSSR count). The summed E-state index contributed by atoms with van der Waals surface area (Å²) in [6, 6.07) is 10.5. The number of nitrogens with one attached hydrogen (secondary N) is 2. The summed E-state index contributed by atoms with van der Waals surface area (Å²) in [4.78, 5) is 39.1. The molecule has 0 bridgehead atoms. The van der Waals surface area contributed by atoms with Crippen molar-refractivity contribution >= 4 is 34.8 Å². The number of halogens is 4. The molecule has 2 N–H and O–H groups in total. The molecule has 0 fully saturated rings. The van der Waals surface area contributed by atoms with Gasteiger partial charge in [-0.15, -0.1) is 8.78 Å². The molecular formula is C31H21ClF3N7O3. The van der Waals surface area contributed by atoms with Crippen LogP contribution in [0.1, 0.15) is 41.0 Å². The summed E-state index contributed by atoms with van der Waals surface area (Å²) in [5.41, 5.74) is 1.41. The molecule has 0 unspecified atom stereocenters. The zero-order chi connectivity index (χ0) is 31.7. The third-order valence-electron chi connectivity index (χ3n) is 7.68. The van der Waals surface area contributed by atoms with E-state index in [-0.39, 0.29) is 23.2 Å². The monoisotopic (exact) mass is 631 g/mol. The van der Waals surface area contributed by atoms with Crippen molar-refractivity contribution in [3.05, 3.63) is 95.5 Å². The van der Waals surface area contributed by atoms with Crippen molar-refractivity contribution < 1.29 is 27.5 Å². The van der Waals surface area contributed by atoms with Gasteiger partial charge >= 0.3 is 5.57 Å². The van der Waals surface area contributed by atoms with E-state index in [4.69, 9.17) is 16.6 Å². The molecule has 2 aliphatic rings. The van der Waals surface area contributed by atoms with Crippen LogP contribution in [-0.4, -0.2) is 42.1 Å². The second-order valence-electron chi connectivity index (χ2n) is 11.1. The lowest BCUT2D eigenvalue weighted by Crippen LogP contribution is -2.27. The molecule has 5 aromatic rings. The second-order valence-corrected chi connectivity index (χ2v) is 11.5. The number of pyridine rings is 1. The van der Waals surface area contributed by atoms with Crippen molar-refractivity contribution in [2.75, 3.05) is 10.6 Å². The van der Waals surface area contributed by atoms with Crippen LogP contribution >= 0.6 is 11.6 Å². The van der Waals surface area contributed by atoms with Gasteiger partial charge in [-0.25, -0.2) is 19.0 Å². The first-order valence-electron chi connectivity index (χ1n) is 13.6. The lowest BCUT2D eigenvalue weighted by Gasteiger charge is -2.20. The largest absolute Gasteiger partial charge is 0.487 e. The van der Waals surface area contributed by atoms with Gasteiger partial charge in [0.25, 0.3) is 11.9 Å². The van der Waals surface area contributed by atoms with E-state index in [1.54, 1.807) is 38.4 Å². The van der Waals surface area contributed by atoms with Gasteiger partial charge in [-0.2, -0.15) is 5.10 Å². The Balaban J connectivity index is 1.25. The number of amides is 2. The number of nitrogens with zero attached hydrogens (tertiary/aromatic N) is 5. The molecule has 45 heavy (non-hydrogen) atoms. The second kappa shape index (κ2) is 10.1. The molecule has 0 radical (unpaired) electrons. The third kappa shape index (κ3) is 5.14. The Morgan fingerprint density at radius 2 is 1.80 bits per heavy atom. The highest BCUT2D eigenvalue weighted by Gasteiger charge is 2.41. The molecule has 0 saturated heterocycles. The number of hydrogen-bond acceptors (Lipinski definition) is 7. The van der Waals surface area contributed by atoms with E-state index in [1.807, 2.05) is 6.07 Å². The molecule has 0 spiro atoms. The Morgan fingerprint density at radius 1 is 1.07 bits per heavy atom. The summed E-state index contributed by atoms with van der Waals surface area (Å²) in [6.45, 7) is 3.60. The Kier molecular flexibility index (Phi) is 6.41. The molecule has 0 atom stereocenters. The average Bonchev–Trinajstić information content (AvgIpc) is 3.62. The van der Waals surface area contributed by atoms with Crippen LogP contribution in [0.5, 0.6) is 5.75 Å². The molecule has 3 aromatic heterocycles. The van der Waals surface area contributed by atoms with E-state index in [0.717, 1.165) is 29.2 Å². The molecule has 4 heterocycles. The van der Waals surface area contributed by atoms with Gasteiger partial charge in [-0.05, 0) is 67.4 Å². The first kappa shape index (κ1) is 28.5. The summed E-state index contributed by atoms with van der Waals surface area (Å²) in [7, 11) is 0. The molecule has 226 valence electrons. The molecule has 1 aliphatic heterocycles. The minimum Gasteiger partial charge on any atom is -0.420 e. The fourth-order valence-electron chi connectivity index (χ4n) is 5.57. The van der Waals surface area contributed by atoms with Crippen LogP contribution in [0.15, 0.2) is 67.3 Å². The molecule has 0 saturated carbocycles. The summed E-state index contributed by atoms with van der Waals surface area (Å²) >= 11 is 4.82. The van der Waals surface area contributed by atoms with Gasteiger partial charge in [0.2, 0.25) is 5.91 Å². The van der Waals surface area contributed by atoms with Crippen molar-refractivity contribution in [3.8, 4) is 34.1 Å². The number of carbonyl (C=O) groups excluding carboxylic acids is 2. The number of benzene rings is 2. The Bertz CT molecular complexity index is 2020. The van der Waals surface area contributed by atoms with Crippen LogP contribution in [0.4, 0.5) is 24.5 Å². The van der Waals surface area contributed by atoms with E-state index in [9.17, 15) is 22.8 Å². The topological polar surface area (TPSA) is 124 Å². The van der Waals surface area contributed by atoms with Crippen LogP contribution in [0, 0.1) is 5.82 Å². The highest BCUT2D eigenvalue weighted by atomic mass is 35.5. The van der Waals surface area contributed by atoms with Gasteiger partial charge in [-0.3, -0.25) is 14.6 Å². The van der Waals surface area contributed by atoms with Crippen molar-refractivity contribution in [2.45, 2.75) is 31.3 Å². The zero-order valence-corrected chi connectivity index (χ0v) is 24.3. The highest BCUT2D eigenvalue weighted by molar-refractivity contribution is 6.20. The average molecular weight is 632 g/mol. The molecule has 1 aliphatic carbocycles. The van der Waals surface area contributed by atoms with Crippen LogP contribution in [0.25, 0.3) is 28.3 Å². The van der Waals surface area contributed by atoms with Crippen molar-refractivity contribution in [3.63, 3.8) is 0 Å². The highest BCUT2D eigenvalue weighted by Crippen LogP contribution is 2.46. The lowest BCUT2D eigenvalue weighted by atomic mass is 9.80. The van der Waals surface area contributed by atoms with Crippen LogP contribution < -0.4 is 15.4 Å². The lowest BCUT2D eigenvalue weighted by molar-refractivity contribution is -0.119. The number of rotatable bonds is 6. The van der Waals surface area contributed by atoms with Gasteiger partial charge in [0.1, 0.15) is 5.75 Å².